The molecule has 1 N–H and O–H groups in total. The molecule has 0 fully saturated rings. The quantitative estimate of drug-likeness (QED) is 0.727. The Hall–Kier alpha value is -2.80. The maximum absolute atomic E-state index is 12.9. The largest absolute Gasteiger partial charge is 0.324 e. The van der Waals surface area contributed by atoms with Gasteiger partial charge in [-0.05, 0) is 42.5 Å². The number of nitrogens with zero attached hydrogens (tertiary/aromatic N) is 2. The number of nitrogens with one attached hydrogen (secondary N) is 1. The molecule has 126 valence electrons. The molecule has 1 aromatic heterocycles. The molecule has 0 aliphatic rings. The number of halogens is 2. The van der Waals surface area contributed by atoms with Crippen molar-refractivity contribution in [2.24, 2.45) is 0 Å². The summed E-state index contributed by atoms with van der Waals surface area (Å²) in [6.45, 7) is -0.236. The second-order valence-corrected chi connectivity index (χ2v) is 6.19. The van der Waals surface area contributed by atoms with Crippen LogP contribution in [0, 0.1) is 5.82 Å². The molecule has 2 aromatic carbocycles. The number of benzene rings is 2. The number of carbonyl (C=O) groups is 1. The third kappa shape index (κ3) is 4.39. The average molecular weight is 402 g/mol. The van der Waals surface area contributed by atoms with E-state index in [9.17, 15) is 14.0 Å². The van der Waals surface area contributed by atoms with Gasteiger partial charge in [0.25, 0.3) is 5.56 Å². The lowest BCUT2D eigenvalue weighted by Gasteiger charge is -2.08. The summed E-state index contributed by atoms with van der Waals surface area (Å²) >= 11 is 3.36. The normalized spacial score (nSPS) is 10.5. The molecule has 7 heteroatoms. The first-order chi connectivity index (χ1) is 12.0. The molecule has 0 radical (unpaired) electrons. The van der Waals surface area contributed by atoms with Gasteiger partial charge in [-0.3, -0.25) is 9.59 Å². The Balaban J connectivity index is 1.78. The van der Waals surface area contributed by atoms with Crippen LogP contribution in [-0.2, 0) is 11.3 Å². The van der Waals surface area contributed by atoms with Crippen LogP contribution in [0.5, 0.6) is 0 Å². The minimum absolute atomic E-state index is 0.236. The molecule has 0 aliphatic heterocycles. The summed E-state index contributed by atoms with van der Waals surface area (Å²) in [7, 11) is 0. The molecule has 0 aliphatic carbocycles. The summed E-state index contributed by atoms with van der Waals surface area (Å²) in [4.78, 5) is 24.1. The zero-order valence-electron chi connectivity index (χ0n) is 12.9. The summed E-state index contributed by atoms with van der Waals surface area (Å²) < 4.78 is 14.9. The van der Waals surface area contributed by atoms with Crippen LogP contribution >= 0.6 is 15.9 Å². The lowest BCUT2D eigenvalue weighted by molar-refractivity contribution is -0.117. The highest BCUT2D eigenvalue weighted by atomic mass is 79.9. The maximum atomic E-state index is 12.9. The first-order valence-electron chi connectivity index (χ1n) is 7.41. The molecular formula is C18H13BrFN3O2. The second kappa shape index (κ2) is 7.40. The fourth-order valence-corrected chi connectivity index (χ4v) is 2.47. The van der Waals surface area contributed by atoms with Crippen LogP contribution < -0.4 is 10.9 Å². The van der Waals surface area contributed by atoms with Crippen molar-refractivity contribution >= 4 is 27.5 Å². The van der Waals surface area contributed by atoms with E-state index in [0.717, 1.165) is 14.7 Å². The van der Waals surface area contributed by atoms with Gasteiger partial charge in [0.2, 0.25) is 5.91 Å². The highest BCUT2D eigenvalue weighted by molar-refractivity contribution is 9.10. The summed E-state index contributed by atoms with van der Waals surface area (Å²) in [6, 6.07) is 15.8. The minimum atomic E-state index is -0.422. The van der Waals surface area contributed by atoms with E-state index in [0.29, 0.717) is 11.4 Å². The topological polar surface area (TPSA) is 64.0 Å². The lowest BCUT2D eigenvalue weighted by atomic mass is 10.1. The number of hydrogen-bond acceptors (Lipinski definition) is 3. The van der Waals surface area contributed by atoms with Crippen molar-refractivity contribution < 1.29 is 9.18 Å². The Morgan fingerprint density at radius 3 is 2.40 bits per heavy atom. The molecule has 3 rings (SSSR count). The van der Waals surface area contributed by atoms with Gasteiger partial charge in [0, 0.05) is 21.8 Å². The molecular weight excluding hydrogens is 389 g/mol. The van der Waals surface area contributed by atoms with Crippen molar-refractivity contribution in [3.05, 3.63) is 81.3 Å². The van der Waals surface area contributed by atoms with Gasteiger partial charge < -0.3 is 5.32 Å². The van der Waals surface area contributed by atoms with Crippen molar-refractivity contribution in [3.8, 4) is 11.3 Å². The van der Waals surface area contributed by atoms with Crippen LogP contribution in [0.1, 0.15) is 0 Å². The van der Waals surface area contributed by atoms with Gasteiger partial charge in [0.05, 0.1) is 5.69 Å². The third-order valence-electron chi connectivity index (χ3n) is 3.43. The van der Waals surface area contributed by atoms with Crippen molar-refractivity contribution in [1.29, 1.82) is 0 Å². The zero-order valence-corrected chi connectivity index (χ0v) is 14.5. The van der Waals surface area contributed by atoms with Gasteiger partial charge in [0.15, 0.2) is 0 Å². The van der Waals surface area contributed by atoms with Crippen LogP contribution in [-0.4, -0.2) is 15.7 Å². The van der Waals surface area contributed by atoms with Crippen LogP contribution in [0.4, 0.5) is 10.1 Å². The van der Waals surface area contributed by atoms with Gasteiger partial charge in [0.1, 0.15) is 12.4 Å². The fraction of sp³-hybridized carbons (Fsp3) is 0.0556. The molecule has 3 aromatic rings. The first-order valence-corrected chi connectivity index (χ1v) is 8.20. The number of carbonyl (C=O) groups excluding carboxylic acids is 1. The average Bonchev–Trinajstić information content (AvgIpc) is 2.60. The van der Waals surface area contributed by atoms with Crippen molar-refractivity contribution in [3.63, 3.8) is 0 Å². The monoisotopic (exact) mass is 401 g/mol. The molecule has 0 bridgehead atoms. The van der Waals surface area contributed by atoms with E-state index in [1.54, 1.807) is 6.07 Å². The van der Waals surface area contributed by atoms with Crippen molar-refractivity contribution in [2.45, 2.75) is 6.54 Å². The Morgan fingerprint density at radius 2 is 1.72 bits per heavy atom. The number of amides is 1. The molecule has 0 unspecified atom stereocenters. The van der Waals surface area contributed by atoms with Crippen LogP contribution in [0.3, 0.4) is 0 Å². The van der Waals surface area contributed by atoms with Crippen LogP contribution in [0.25, 0.3) is 11.3 Å². The fourth-order valence-electron chi connectivity index (χ4n) is 2.21. The van der Waals surface area contributed by atoms with Gasteiger partial charge in [-0.15, -0.1) is 0 Å². The van der Waals surface area contributed by atoms with Gasteiger partial charge in [-0.1, -0.05) is 28.1 Å². The Bertz CT molecular complexity index is 953. The number of rotatable bonds is 4. The third-order valence-corrected chi connectivity index (χ3v) is 3.96. The maximum Gasteiger partial charge on any atom is 0.267 e. The highest BCUT2D eigenvalue weighted by Gasteiger charge is 2.08. The number of anilines is 1. The Morgan fingerprint density at radius 1 is 1.04 bits per heavy atom. The predicted molar refractivity (Wildman–Crippen MR) is 96.7 cm³/mol. The molecule has 0 spiro atoms. The lowest BCUT2D eigenvalue weighted by Crippen LogP contribution is -2.29. The Labute approximate surface area is 151 Å². The summed E-state index contributed by atoms with van der Waals surface area (Å²) in [5.74, 6) is -0.813. The zero-order chi connectivity index (χ0) is 17.8. The van der Waals surface area contributed by atoms with E-state index in [2.05, 4.69) is 26.3 Å². The van der Waals surface area contributed by atoms with Gasteiger partial charge in [-0.25, -0.2) is 9.07 Å². The minimum Gasteiger partial charge on any atom is -0.324 e. The Kier molecular flexibility index (Phi) is 5.04. The van der Waals surface area contributed by atoms with E-state index < -0.39 is 11.7 Å². The first kappa shape index (κ1) is 17.0. The summed E-state index contributed by atoms with van der Waals surface area (Å²) in [6.07, 6.45) is 0. The molecule has 0 saturated carbocycles. The van der Waals surface area contributed by atoms with Crippen LogP contribution in [0.15, 0.2) is 69.9 Å². The molecule has 1 heterocycles. The SMILES string of the molecule is O=C(Cn1nc(-c2ccc(Br)cc2)ccc1=O)Nc1ccc(F)cc1. The summed E-state index contributed by atoms with van der Waals surface area (Å²) in [5.41, 5.74) is 1.48. The van der Waals surface area contributed by atoms with Gasteiger partial charge >= 0.3 is 0 Å². The molecule has 1 amide bonds. The second-order valence-electron chi connectivity index (χ2n) is 5.28. The van der Waals surface area contributed by atoms with E-state index in [1.165, 1.54) is 30.3 Å². The predicted octanol–water partition coefficient (Wildman–Crippen LogP) is 3.45. The number of aromatic nitrogens is 2. The molecule has 25 heavy (non-hydrogen) atoms. The highest BCUT2D eigenvalue weighted by Crippen LogP contribution is 2.18. The van der Waals surface area contributed by atoms with E-state index in [1.807, 2.05) is 24.3 Å². The van der Waals surface area contributed by atoms with Gasteiger partial charge in [-0.2, -0.15) is 5.10 Å². The molecule has 5 nitrogen and oxygen atoms in total. The van der Waals surface area contributed by atoms with Crippen LogP contribution in [0.2, 0.25) is 0 Å². The van der Waals surface area contributed by atoms with Crippen molar-refractivity contribution in [1.82, 2.24) is 9.78 Å². The molecule has 0 atom stereocenters. The van der Waals surface area contributed by atoms with E-state index in [-0.39, 0.29) is 12.1 Å². The van der Waals surface area contributed by atoms with E-state index in [4.69, 9.17) is 0 Å². The smallest absolute Gasteiger partial charge is 0.267 e. The number of hydrogen-bond donors (Lipinski definition) is 1. The molecule has 0 saturated heterocycles. The van der Waals surface area contributed by atoms with E-state index >= 15 is 0 Å². The van der Waals surface area contributed by atoms with Crippen molar-refractivity contribution in [2.75, 3.05) is 5.32 Å². The standard InChI is InChI=1S/C18H13BrFN3O2/c19-13-3-1-12(2-4-13)16-9-10-18(25)23(22-16)11-17(24)21-15-7-5-14(20)6-8-15/h1-10H,11H2,(H,21,24). The summed E-state index contributed by atoms with van der Waals surface area (Å²) in [5, 5.41) is 6.84.